The van der Waals surface area contributed by atoms with Gasteiger partial charge in [-0.05, 0) is 30.1 Å². The summed E-state index contributed by atoms with van der Waals surface area (Å²) in [6, 6.07) is 8.62. The molecule has 0 aliphatic heterocycles. The average Bonchev–Trinajstić information content (AvgIpc) is 2.59. The monoisotopic (exact) mass is 269 g/mol. The first-order chi connectivity index (χ1) is 6.70. The van der Waals surface area contributed by atoms with Crippen LogP contribution in [0.1, 0.15) is 17.7 Å². The Bertz CT molecular complexity index is 449. The van der Waals surface area contributed by atoms with Crippen LogP contribution in [0.15, 0.2) is 28.7 Å². The van der Waals surface area contributed by atoms with Crippen LogP contribution in [0.4, 0.5) is 0 Å². The lowest BCUT2D eigenvalue weighted by Gasteiger charge is -2.02. The maximum Gasteiger partial charge on any atom is 0.0356 e. The van der Waals surface area contributed by atoms with Crippen molar-refractivity contribution in [3.63, 3.8) is 0 Å². The zero-order valence-electron chi connectivity index (χ0n) is 7.96. The summed E-state index contributed by atoms with van der Waals surface area (Å²) in [6.45, 7) is 2.88. The minimum Gasteiger partial charge on any atom is -0.330 e. The lowest BCUT2D eigenvalue weighted by atomic mass is 10.1. The summed E-state index contributed by atoms with van der Waals surface area (Å²) in [6.07, 6.45) is 0. The molecular formula is C11H12BrNS. The maximum atomic E-state index is 5.65. The van der Waals surface area contributed by atoms with Gasteiger partial charge in [0.1, 0.15) is 0 Å². The number of hydrogen-bond acceptors (Lipinski definition) is 2. The van der Waals surface area contributed by atoms with Crippen LogP contribution in [0.25, 0.3) is 10.1 Å². The van der Waals surface area contributed by atoms with Crippen LogP contribution in [0, 0.1) is 0 Å². The van der Waals surface area contributed by atoms with E-state index in [4.69, 9.17) is 5.73 Å². The third kappa shape index (κ3) is 1.85. The molecule has 0 saturated carbocycles. The van der Waals surface area contributed by atoms with E-state index in [1.807, 2.05) is 11.3 Å². The Morgan fingerprint density at radius 2 is 2.21 bits per heavy atom. The first-order valence-corrected chi connectivity index (χ1v) is 6.20. The molecule has 0 saturated heterocycles. The van der Waals surface area contributed by atoms with Crippen molar-refractivity contribution < 1.29 is 0 Å². The van der Waals surface area contributed by atoms with Gasteiger partial charge in [-0.15, -0.1) is 11.3 Å². The highest BCUT2D eigenvalue weighted by Gasteiger charge is 2.07. The Kier molecular flexibility index (Phi) is 2.91. The molecule has 0 fully saturated rings. The van der Waals surface area contributed by atoms with Crippen molar-refractivity contribution in [2.75, 3.05) is 6.54 Å². The van der Waals surface area contributed by atoms with Crippen LogP contribution in [0.5, 0.6) is 0 Å². The molecule has 3 heteroatoms. The predicted octanol–water partition coefficient (Wildman–Crippen LogP) is 3.73. The Labute approximate surface area is 96.1 Å². The van der Waals surface area contributed by atoms with E-state index in [2.05, 4.69) is 47.1 Å². The number of halogens is 1. The van der Waals surface area contributed by atoms with E-state index in [0.29, 0.717) is 12.5 Å². The first-order valence-electron chi connectivity index (χ1n) is 4.60. The van der Waals surface area contributed by atoms with Crippen molar-refractivity contribution in [3.05, 3.63) is 33.6 Å². The third-order valence-corrected chi connectivity index (χ3v) is 4.16. The Morgan fingerprint density at radius 3 is 2.93 bits per heavy atom. The quantitative estimate of drug-likeness (QED) is 0.884. The molecule has 0 radical (unpaired) electrons. The minimum absolute atomic E-state index is 0.464. The molecule has 0 amide bonds. The van der Waals surface area contributed by atoms with Crippen molar-refractivity contribution in [2.45, 2.75) is 12.8 Å². The van der Waals surface area contributed by atoms with Gasteiger partial charge in [0.25, 0.3) is 0 Å². The SMILES string of the molecule is CC(CN)c1cc2ccc(Br)cc2s1. The fourth-order valence-corrected chi connectivity index (χ4v) is 3.07. The van der Waals surface area contributed by atoms with E-state index in [1.54, 1.807) is 0 Å². The van der Waals surface area contributed by atoms with Gasteiger partial charge in [-0.1, -0.05) is 28.9 Å². The van der Waals surface area contributed by atoms with Gasteiger partial charge in [0.05, 0.1) is 0 Å². The van der Waals surface area contributed by atoms with Crippen molar-refractivity contribution >= 4 is 37.4 Å². The molecule has 2 aromatic rings. The normalized spacial score (nSPS) is 13.4. The first kappa shape index (κ1) is 10.1. The molecule has 0 aliphatic rings. The summed E-state index contributed by atoms with van der Waals surface area (Å²) < 4.78 is 2.47. The molecule has 0 spiro atoms. The zero-order valence-corrected chi connectivity index (χ0v) is 10.4. The van der Waals surface area contributed by atoms with Gasteiger partial charge in [0, 0.05) is 20.0 Å². The molecule has 74 valence electrons. The van der Waals surface area contributed by atoms with E-state index in [-0.39, 0.29) is 0 Å². The molecule has 1 atom stereocenters. The van der Waals surface area contributed by atoms with Crippen molar-refractivity contribution in [1.82, 2.24) is 0 Å². The summed E-state index contributed by atoms with van der Waals surface area (Å²) in [4.78, 5) is 1.38. The molecule has 0 aliphatic carbocycles. The molecule has 14 heavy (non-hydrogen) atoms. The van der Waals surface area contributed by atoms with Crippen LogP contribution >= 0.6 is 27.3 Å². The van der Waals surface area contributed by atoms with E-state index in [1.165, 1.54) is 15.0 Å². The molecule has 1 nitrogen and oxygen atoms in total. The lowest BCUT2D eigenvalue weighted by molar-refractivity contribution is 0.790. The number of benzene rings is 1. The Balaban J connectivity index is 2.51. The highest BCUT2D eigenvalue weighted by Crippen LogP contribution is 2.32. The van der Waals surface area contributed by atoms with Gasteiger partial charge in [0.15, 0.2) is 0 Å². The standard InChI is InChI=1S/C11H12BrNS/c1-7(6-13)10-4-8-2-3-9(12)5-11(8)14-10/h2-5,7H,6,13H2,1H3. The van der Waals surface area contributed by atoms with Crippen LogP contribution in [-0.4, -0.2) is 6.54 Å². The Morgan fingerprint density at radius 1 is 1.43 bits per heavy atom. The van der Waals surface area contributed by atoms with E-state index in [9.17, 15) is 0 Å². The second kappa shape index (κ2) is 4.01. The number of nitrogens with two attached hydrogens (primary N) is 1. The molecular weight excluding hydrogens is 258 g/mol. The molecule has 0 bridgehead atoms. The van der Waals surface area contributed by atoms with Gasteiger partial charge in [0.2, 0.25) is 0 Å². The lowest BCUT2D eigenvalue weighted by Crippen LogP contribution is -2.06. The fraction of sp³-hybridized carbons (Fsp3) is 0.273. The summed E-state index contributed by atoms with van der Waals surface area (Å²) >= 11 is 5.31. The summed E-state index contributed by atoms with van der Waals surface area (Å²) in [5.74, 6) is 0.464. The van der Waals surface area contributed by atoms with Crippen molar-refractivity contribution in [1.29, 1.82) is 0 Å². The second-order valence-electron chi connectivity index (χ2n) is 3.47. The van der Waals surface area contributed by atoms with Crippen LogP contribution in [0.2, 0.25) is 0 Å². The molecule has 2 rings (SSSR count). The summed E-state index contributed by atoms with van der Waals surface area (Å²) in [5, 5.41) is 1.31. The molecule has 1 heterocycles. The topological polar surface area (TPSA) is 26.0 Å². The van der Waals surface area contributed by atoms with Gasteiger partial charge in [-0.3, -0.25) is 0 Å². The summed E-state index contributed by atoms with van der Waals surface area (Å²) in [7, 11) is 0. The highest BCUT2D eigenvalue weighted by molar-refractivity contribution is 9.10. The van der Waals surface area contributed by atoms with E-state index >= 15 is 0 Å². The van der Waals surface area contributed by atoms with Gasteiger partial charge in [-0.25, -0.2) is 0 Å². The predicted molar refractivity (Wildman–Crippen MR) is 67.0 cm³/mol. The van der Waals surface area contributed by atoms with Crippen LogP contribution in [0.3, 0.4) is 0 Å². The number of hydrogen-bond donors (Lipinski definition) is 1. The largest absolute Gasteiger partial charge is 0.330 e. The van der Waals surface area contributed by atoms with Gasteiger partial charge in [-0.2, -0.15) is 0 Å². The Hall–Kier alpha value is -0.380. The van der Waals surface area contributed by atoms with Gasteiger partial charge >= 0.3 is 0 Å². The van der Waals surface area contributed by atoms with Gasteiger partial charge < -0.3 is 5.73 Å². The second-order valence-corrected chi connectivity index (χ2v) is 5.50. The fourth-order valence-electron chi connectivity index (χ4n) is 1.38. The molecule has 1 unspecified atom stereocenters. The van der Waals surface area contributed by atoms with Crippen molar-refractivity contribution in [3.8, 4) is 0 Å². The molecule has 1 aromatic heterocycles. The number of thiophene rings is 1. The summed E-state index contributed by atoms with van der Waals surface area (Å²) in [5.41, 5.74) is 5.65. The number of fused-ring (bicyclic) bond motifs is 1. The van der Waals surface area contributed by atoms with Crippen molar-refractivity contribution in [2.24, 2.45) is 5.73 Å². The number of rotatable bonds is 2. The third-order valence-electron chi connectivity index (χ3n) is 2.34. The molecule has 1 aromatic carbocycles. The smallest absolute Gasteiger partial charge is 0.0356 e. The van der Waals surface area contributed by atoms with E-state index < -0.39 is 0 Å². The van der Waals surface area contributed by atoms with E-state index in [0.717, 1.165) is 4.47 Å². The van der Waals surface area contributed by atoms with Crippen LogP contribution in [-0.2, 0) is 0 Å². The highest BCUT2D eigenvalue weighted by atomic mass is 79.9. The average molecular weight is 270 g/mol. The molecule has 2 N–H and O–H groups in total. The minimum atomic E-state index is 0.464. The maximum absolute atomic E-state index is 5.65. The zero-order chi connectivity index (χ0) is 10.1. The van der Waals surface area contributed by atoms with Crippen LogP contribution < -0.4 is 5.73 Å².